The molecule has 1 saturated carbocycles. The Labute approximate surface area is 100 Å². The van der Waals surface area contributed by atoms with E-state index >= 15 is 0 Å². The number of carbonyl (C=O) groups excluding carboxylic acids is 1. The Morgan fingerprint density at radius 1 is 1.38 bits per heavy atom. The molecule has 0 radical (unpaired) electrons. The first-order valence-electron chi connectivity index (χ1n) is 5.14. The number of hydrogen-bond donors (Lipinski definition) is 2. The fraction of sp³-hybridized carbons (Fsp3) is 0.500. The van der Waals surface area contributed by atoms with Crippen LogP contribution in [0.4, 0.5) is 0 Å². The average molecular weight is 243 g/mol. The maximum absolute atomic E-state index is 11.5. The van der Waals surface area contributed by atoms with Gasteiger partial charge in [0.25, 0.3) is 5.91 Å². The Morgan fingerprint density at radius 3 is 2.81 bits per heavy atom. The first kappa shape index (κ1) is 12.9. The molecule has 1 aliphatic rings. The molecule has 0 atom stereocenters. The van der Waals surface area contributed by atoms with Crippen molar-refractivity contribution in [1.29, 1.82) is 0 Å². The van der Waals surface area contributed by atoms with E-state index < -0.39 is 0 Å². The lowest BCUT2D eigenvalue weighted by molar-refractivity contribution is 0.0948. The van der Waals surface area contributed by atoms with Crippen LogP contribution < -0.4 is 10.6 Å². The zero-order chi connectivity index (χ0) is 10.5. The highest BCUT2D eigenvalue weighted by molar-refractivity contribution is 5.91. The highest BCUT2D eigenvalue weighted by Gasteiger charge is 2.19. The minimum absolute atomic E-state index is 0. The van der Waals surface area contributed by atoms with E-state index in [2.05, 4.69) is 20.6 Å². The zero-order valence-corrected chi connectivity index (χ0v) is 9.67. The van der Waals surface area contributed by atoms with Crippen LogP contribution in [0.25, 0.3) is 0 Å². The molecule has 0 bridgehead atoms. The minimum Gasteiger partial charge on any atom is -0.349 e. The van der Waals surface area contributed by atoms with Crippen molar-refractivity contribution in [3.63, 3.8) is 0 Å². The van der Waals surface area contributed by atoms with Crippen molar-refractivity contribution in [2.24, 2.45) is 0 Å². The van der Waals surface area contributed by atoms with Gasteiger partial charge >= 0.3 is 0 Å². The molecule has 1 fully saturated rings. The van der Waals surface area contributed by atoms with Gasteiger partial charge in [0.1, 0.15) is 5.69 Å². The predicted molar refractivity (Wildman–Crippen MR) is 62.6 cm³/mol. The summed E-state index contributed by atoms with van der Waals surface area (Å²) < 4.78 is 0. The van der Waals surface area contributed by atoms with Crippen molar-refractivity contribution in [1.82, 2.24) is 20.6 Å². The van der Waals surface area contributed by atoms with E-state index in [4.69, 9.17) is 0 Å². The van der Waals surface area contributed by atoms with E-state index in [0.29, 0.717) is 18.3 Å². The molecular weight excluding hydrogens is 228 g/mol. The van der Waals surface area contributed by atoms with Gasteiger partial charge in [-0.3, -0.25) is 9.78 Å². The standard InChI is InChI=1S/C10H14N4O.ClH/c15-10(9-7-11-3-4-13-9)14-6-5-12-8-1-2-8;/h3-4,7-8,12H,1-2,5-6H2,(H,14,15);1H. The largest absolute Gasteiger partial charge is 0.349 e. The molecule has 5 nitrogen and oxygen atoms in total. The minimum atomic E-state index is -0.166. The van der Waals surface area contributed by atoms with Crippen LogP contribution >= 0.6 is 12.4 Å². The van der Waals surface area contributed by atoms with Crippen LogP contribution in [-0.2, 0) is 0 Å². The fourth-order valence-corrected chi connectivity index (χ4v) is 1.25. The Balaban J connectivity index is 0.00000128. The number of nitrogens with one attached hydrogen (secondary N) is 2. The molecule has 0 aromatic carbocycles. The summed E-state index contributed by atoms with van der Waals surface area (Å²) in [6.45, 7) is 1.45. The summed E-state index contributed by atoms with van der Waals surface area (Å²) in [4.78, 5) is 19.2. The lowest BCUT2D eigenvalue weighted by Crippen LogP contribution is -2.33. The van der Waals surface area contributed by atoms with E-state index in [0.717, 1.165) is 6.54 Å². The summed E-state index contributed by atoms with van der Waals surface area (Å²) in [6, 6.07) is 0.679. The van der Waals surface area contributed by atoms with E-state index in [1.54, 1.807) is 6.20 Å². The van der Waals surface area contributed by atoms with Gasteiger partial charge in [-0.1, -0.05) is 0 Å². The fourth-order valence-electron chi connectivity index (χ4n) is 1.25. The van der Waals surface area contributed by atoms with Gasteiger partial charge in [0.15, 0.2) is 0 Å². The van der Waals surface area contributed by atoms with Crippen LogP contribution in [0.5, 0.6) is 0 Å². The van der Waals surface area contributed by atoms with Gasteiger partial charge in [0, 0.05) is 31.5 Å². The molecule has 0 unspecified atom stereocenters. The van der Waals surface area contributed by atoms with Crippen LogP contribution in [0.3, 0.4) is 0 Å². The number of carbonyl (C=O) groups is 1. The predicted octanol–water partition coefficient (Wildman–Crippen LogP) is 0.380. The lowest BCUT2D eigenvalue weighted by atomic mass is 10.4. The second-order valence-corrected chi connectivity index (χ2v) is 3.57. The topological polar surface area (TPSA) is 66.9 Å². The van der Waals surface area contributed by atoms with Crippen LogP contribution in [0.15, 0.2) is 18.6 Å². The third-order valence-corrected chi connectivity index (χ3v) is 2.22. The molecule has 0 spiro atoms. The van der Waals surface area contributed by atoms with Crippen molar-refractivity contribution in [2.75, 3.05) is 13.1 Å². The van der Waals surface area contributed by atoms with Crippen molar-refractivity contribution in [3.05, 3.63) is 24.3 Å². The molecule has 88 valence electrons. The average Bonchev–Trinajstić information content (AvgIpc) is 3.09. The van der Waals surface area contributed by atoms with E-state index in [1.165, 1.54) is 25.2 Å². The number of nitrogens with zero attached hydrogens (tertiary/aromatic N) is 2. The normalized spacial score (nSPS) is 14.0. The zero-order valence-electron chi connectivity index (χ0n) is 8.85. The number of rotatable bonds is 5. The number of halogens is 1. The summed E-state index contributed by atoms with van der Waals surface area (Å²) in [6.07, 6.45) is 7.04. The smallest absolute Gasteiger partial charge is 0.271 e. The monoisotopic (exact) mass is 242 g/mol. The van der Waals surface area contributed by atoms with Crippen molar-refractivity contribution in [3.8, 4) is 0 Å². The van der Waals surface area contributed by atoms with Gasteiger partial charge in [0.2, 0.25) is 0 Å². The molecule has 0 saturated heterocycles. The molecule has 1 aromatic rings. The highest BCUT2D eigenvalue weighted by Crippen LogP contribution is 2.17. The Bertz CT molecular complexity index is 329. The molecule has 6 heteroatoms. The van der Waals surface area contributed by atoms with Gasteiger partial charge < -0.3 is 10.6 Å². The number of amides is 1. The third-order valence-electron chi connectivity index (χ3n) is 2.22. The van der Waals surface area contributed by atoms with Crippen LogP contribution in [-0.4, -0.2) is 35.0 Å². The van der Waals surface area contributed by atoms with Crippen molar-refractivity contribution in [2.45, 2.75) is 18.9 Å². The third kappa shape index (κ3) is 4.12. The van der Waals surface area contributed by atoms with E-state index in [9.17, 15) is 4.79 Å². The van der Waals surface area contributed by atoms with Crippen LogP contribution in [0.2, 0.25) is 0 Å². The summed E-state index contributed by atoms with van der Waals surface area (Å²) >= 11 is 0. The second-order valence-electron chi connectivity index (χ2n) is 3.57. The summed E-state index contributed by atoms with van der Waals surface area (Å²) in [5, 5.41) is 6.09. The maximum Gasteiger partial charge on any atom is 0.271 e. The van der Waals surface area contributed by atoms with Crippen LogP contribution in [0, 0.1) is 0 Å². The summed E-state index contributed by atoms with van der Waals surface area (Å²) in [5.41, 5.74) is 0.365. The SMILES string of the molecule is Cl.O=C(NCCNC1CC1)c1cnccn1. The Kier molecular flexibility index (Phi) is 5.14. The molecule has 1 amide bonds. The molecule has 1 aromatic heterocycles. The second kappa shape index (κ2) is 6.40. The van der Waals surface area contributed by atoms with Gasteiger partial charge in [-0.05, 0) is 12.8 Å². The maximum atomic E-state index is 11.5. The highest BCUT2D eigenvalue weighted by atomic mass is 35.5. The molecule has 1 heterocycles. The number of hydrogen-bond acceptors (Lipinski definition) is 4. The van der Waals surface area contributed by atoms with Gasteiger partial charge in [-0.2, -0.15) is 0 Å². The molecule has 0 aliphatic heterocycles. The molecule has 16 heavy (non-hydrogen) atoms. The molecular formula is C10H15ClN4O. The summed E-state index contributed by atoms with van der Waals surface area (Å²) in [5.74, 6) is -0.166. The number of aromatic nitrogens is 2. The molecule has 2 N–H and O–H groups in total. The van der Waals surface area contributed by atoms with E-state index in [1.807, 2.05) is 0 Å². The molecule has 2 rings (SSSR count). The van der Waals surface area contributed by atoms with E-state index in [-0.39, 0.29) is 18.3 Å². The molecule has 1 aliphatic carbocycles. The van der Waals surface area contributed by atoms with Gasteiger partial charge in [-0.25, -0.2) is 4.98 Å². The van der Waals surface area contributed by atoms with Crippen LogP contribution in [0.1, 0.15) is 23.3 Å². The quantitative estimate of drug-likeness (QED) is 0.733. The van der Waals surface area contributed by atoms with Gasteiger partial charge in [0.05, 0.1) is 6.20 Å². The van der Waals surface area contributed by atoms with Gasteiger partial charge in [-0.15, -0.1) is 12.4 Å². The first-order chi connectivity index (χ1) is 7.36. The lowest BCUT2D eigenvalue weighted by Gasteiger charge is -2.04. The van der Waals surface area contributed by atoms with Crippen molar-refractivity contribution < 1.29 is 4.79 Å². The Hall–Kier alpha value is -1.20. The first-order valence-corrected chi connectivity index (χ1v) is 5.14. The van der Waals surface area contributed by atoms with Crippen molar-refractivity contribution >= 4 is 18.3 Å². The Morgan fingerprint density at radius 2 is 2.19 bits per heavy atom. The summed E-state index contributed by atoms with van der Waals surface area (Å²) in [7, 11) is 0.